The van der Waals surface area contributed by atoms with Crippen LogP contribution in [-0.4, -0.2) is 26.9 Å². The number of hydrogen-bond acceptors (Lipinski definition) is 4. The van der Waals surface area contributed by atoms with Crippen molar-refractivity contribution in [3.05, 3.63) is 23.2 Å². The number of nitrogen functional groups attached to an aromatic ring is 1. The topological polar surface area (TPSA) is 101 Å². The van der Waals surface area contributed by atoms with Crippen molar-refractivity contribution in [2.75, 3.05) is 12.3 Å². The van der Waals surface area contributed by atoms with E-state index in [0.717, 1.165) is 12.8 Å². The fraction of sp³-hybridized carbons (Fsp3) is 0.462. The standard InChI is InChI=1S/C13H18ClN3O3S/c14-11-6-3-9(15)8-12(11)21(19,20)16-7-1-2-13(18)17-10-4-5-10/h3,6,8,10,16H,1-2,4-5,7,15H2,(H,17,18). The van der Waals surface area contributed by atoms with E-state index in [-0.39, 0.29) is 22.4 Å². The molecule has 1 aliphatic rings. The molecule has 0 heterocycles. The summed E-state index contributed by atoms with van der Waals surface area (Å²) < 4.78 is 26.6. The first-order valence-corrected chi connectivity index (χ1v) is 8.58. The Bertz CT molecular complexity index is 630. The molecule has 1 aromatic rings. The lowest BCUT2D eigenvalue weighted by Crippen LogP contribution is -2.28. The number of nitrogens with one attached hydrogen (secondary N) is 2. The minimum absolute atomic E-state index is 0.0429. The van der Waals surface area contributed by atoms with Gasteiger partial charge in [-0.2, -0.15) is 0 Å². The molecule has 1 aliphatic carbocycles. The maximum Gasteiger partial charge on any atom is 0.242 e. The van der Waals surface area contributed by atoms with Gasteiger partial charge in [-0.05, 0) is 37.5 Å². The largest absolute Gasteiger partial charge is 0.399 e. The lowest BCUT2D eigenvalue weighted by molar-refractivity contribution is -0.121. The minimum Gasteiger partial charge on any atom is -0.399 e. The number of halogens is 1. The number of hydrogen-bond donors (Lipinski definition) is 3. The third-order valence-corrected chi connectivity index (χ3v) is 5.00. The van der Waals surface area contributed by atoms with Gasteiger partial charge in [-0.15, -0.1) is 0 Å². The summed E-state index contributed by atoms with van der Waals surface area (Å²) in [7, 11) is -3.72. The second-order valence-corrected chi connectivity index (χ2v) is 7.18. The van der Waals surface area contributed by atoms with Gasteiger partial charge in [-0.25, -0.2) is 13.1 Å². The Morgan fingerprint density at radius 1 is 1.38 bits per heavy atom. The molecule has 1 aromatic carbocycles. The van der Waals surface area contributed by atoms with Gasteiger partial charge in [0.1, 0.15) is 4.90 Å². The minimum atomic E-state index is -3.72. The molecular formula is C13H18ClN3O3S. The summed E-state index contributed by atoms with van der Waals surface area (Å²) in [4.78, 5) is 11.4. The highest BCUT2D eigenvalue weighted by Crippen LogP contribution is 2.23. The number of anilines is 1. The zero-order valence-electron chi connectivity index (χ0n) is 11.4. The van der Waals surface area contributed by atoms with Crippen molar-refractivity contribution < 1.29 is 13.2 Å². The number of sulfonamides is 1. The van der Waals surface area contributed by atoms with Crippen LogP contribution < -0.4 is 15.8 Å². The molecular weight excluding hydrogens is 314 g/mol. The highest BCUT2D eigenvalue weighted by molar-refractivity contribution is 7.89. The number of rotatable bonds is 7. The number of carbonyl (C=O) groups excluding carboxylic acids is 1. The van der Waals surface area contributed by atoms with E-state index in [0.29, 0.717) is 24.6 Å². The van der Waals surface area contributed by atoms with Crippen molar-refractivity contribution in [3.8, 4) is 0 Å². The van der Waals surface area contributed by atoms with Gasteiger partial charge in [0.05, 0.1) is 5.02 Å². The lowest BCUT2D eigenvalue weighted by atomic mass is 10.3. The third kappa shape index (κ3) is 4.87. The van der Waals surface area contributed by atoms with Crippen LogP contribution in [0.5, 0.6) is 0 Å². The van der Waals surface area contributed by atoms with Crippen LogP contribution in [0.4, 0.5) is 5.69 Å². The maximum absolute atomic E-state index is 12.1. The van der Waals surface area contributed by atoms with Gasteiger partial charge in [0.25, 0.3) is 0 Å². The zero-order valence-corrected chi connectivity index (χ0v) is 13.0. The number of amides is 1. The Labute approximate surface area is 129 Å². The van der Waals surface area contributed by atoms with E-state index in [1.54, 1.807) is 0 Å². The molecule has 1 amide bonds. The molecule has 0 bridgehead atoms. The van der Waals surface area contributed by atoms with Crippen molar-refractivity contribution in [3.63, 3.8) is 0 Å². The Balaban J connectivity index is 1.83. The Morgan fingerprint density at radius 3 is 2.76 bits per heavy atom. The molecule has 0 spiro atoms. The average Bonchev–Trinajstić information content (AvgIpc) is 3.21. The van der Waals surface area contributed by atoms with Crippen LogP contribution in [0.3, 0.4) is 0 Å². The summed E-state index contributed by atoms with van der Waals surface area (Å²) in [5.74, 6) is -0.0429. The first kappa shape index (κ1) is 16.1. The Morgan fingerprint density at radius 2 is 2.10 bits per heavy atom. The van der Waals surface area contributed by atoms with Gasteiger partial charge in [0, 0.05) is 24.7 Å². The third-order valence-electron chi connectivity index (χ3n) is 3.06. The molecule has 0 atom stereocenters. The zero-order chi connectivity index (χ0) is 15.5. The van der Waals surface area contributed by atoms with Gasteiger partial charge in [0.2, 0.25) is 15.9 Å². The summed E-state index contributed by atoms with van der Waals surface area (Å²) in [6.07, 6.45) is 2.79. The monoisotopic (exact) mass is 331 g/mol. The van der Waals surface area contributed by atoms with Crippen molar-refractivity contribution in [2.45, 2.75) is 36.6 Å². The summed E-state index contributed by atoms with van der Waals surface area (Å²) in [5, 5.41) is 2.96. The summed E-state index contributed by atoms with van der Waals surface area (Å²) in [6, 6.07) is 4.60. The first-order valence-electron chi connectivity index (χ1n) is 6.72. The van der Waals surface area contributed by atoms with Crippen LogP contribution in [0.1, 0.15) is 25.7 Å². The highest BCUT2D eigenvalue weighted by Gasteiger charge is 2.23. The van der Waals surface area contributed by atoms with Crippen LogP contribution in [0.15, 0.2) is 23.1 Å². The highest BCUT2D eigenvalue weighted by atomic mass is 35.5. The number of carbonyl (C=O) groups is 1. The molecule has 4 N–H and O–H groups in total. The summed E-state index contributed by atoms with van der Waals surface area (Å²) >= 11 is 5.87. The van der Waals surface area contributed by atoms with Crippen LogP contribution >= 0.6 is 11.6 Å². The van der Waals surface area contributed by atoms with E-state index >= 15 is 0 Å². The second kappa shape index (κ2) is 6.64. The molecule has 21 heavy (non-hydrogen) atoms. The lowest BCUT2D eigenvalue weighted by Gasteiger charge is -2.09. The fourth-order valence-corrected chi connectivity index (χ4v) is 3.39. The summed E-state index contributed by atoms with van der Waals surface area (Å²) in [6.45, 7) is 0.172. The van der Waals surface area contributed by atoms with Gasteiger partial charge in [0.15, 0.2) is 0 Å². The molecule has 116 valence electrons. The predicted octanol–water partition coefficient (Wildman–Crippen LogP) is 1.26. The molecule has 0 unspecified atom stereocenters. The molecule has 1 saturated carbocycles. The average molecular weight is 332 g/mol. The fourth-order valence-electron chi connectivity index (χ4n) is 1.79. The van der Waals surface area contributed by atoms with E-state index < -0.39 is 10.0 Å². The van der Waals surface area contributed by atoms with Crippen molar-refractivity contribution in [1.29, 1.82) is 0 Å². The Kier molecular flexibility index (Phi) is 5.08. The first-order chi connectivity index (χ1) is 9.88. The maximum atomic E-state index is 12.1. The number of nitrogens with two attached hydrogens (primary N) is 1. The van der Waals surface area contributed by atoms with Crippen LogP contribution in [0.2, 0.25) is 5.02 Å². The van der Waals surface area contributed by atoms with Gasteiger partial charge < -0.3 is 11.1 Å². The van der Waals surface area contributed by atoms with Gasteiger partial charge in [-0.3, -0.25) is 4.79 Å². The normalized spacial score (nSPS) is 14.9. The van der Waals surface area contributed by atoms with E-state index in [1.165, 1.54) is 18.2 Å². The second-order valence-electron chi connectivity index (χ2n) is 5.03. The molecule has 0 aliphatic heterocycles. The van der Waals surface area contributed by atoms with Crippen molar-refractivity contribution in [1.82, 2.24) is 10.0 Å². The van der Waals surface area contributed by atoms with E-state index in [9.17, 15) is 13.2 Å². The molecule has 6 nitrogen and oxygen atoms in total. The van der Waals surface area contributed by atoms with Crippen LogP contribution in [0.25, 0.3) is 0 Å². The molecule has 0 saturated heterocycles. The molecule has 0 radical (unpaired) electrons. The Hall–Kier alpha value is -1.31. The molecule has 2 rings (SSSR count). The number of benzene rings is 1. The van der Waals surface area contributed by atoms with E-state index in [2.05, 4.69) is 10.0 Å². The molecule has 0 aromatic heterocycles. The SMILES string of the molecule is Nc1ccc(Cl)c(S(=O)(=O)NCCCC(=O)NC2CC2)c1. The predicted molar refractivity (Wildman–Crippen MR) is 81.5 cm³/mol. The van der Waals surface area contributed by atoms with Gasteiger partial charge >= 0.3 is 0 Å². The summed E-state index contributed by atoms with van der Waals surface area (Å²) in [5.41, 5.74) is 5.89. The van der Waals surface area contributed by atoms with Crippen molar-refractivity contribution in [2.24, 2.45) is 0 Å². The molecule has 8 heteroatoms. The molecule has 1 fully saturated rings. The van der Waals surface area contributed by atoms with Gasteiger partial charge in [-0.1, -0.05) is 11.6 Å². The van der Waals surface area contributed by atoms with Crippen LogP contribution in [0, 0.1) is 0 Å². The van der Waals surface area contributed by atoms with Crippen LogP contribution in [-0.2, 0) is 14.8 Å². The van der Waals surface area contributed by atoms with Crippen molar-refractivity contribution >= 4 is 33.2 Å². The quantitative estimate of drug-likeness (QED) is 0.517. The van der Waals surface area contributed by atoms with E-state index in [4.69, 9.17) is 17.3 Å². The smallest absolute Gasteiger partial charge is 0.242 e. The van der Waals surface area contributed by atoms with E-state index in [1.807, 2.05) is 0 Å².